The highest BCUT2D eigenvalue weighted by Crippen LogP contribution is 2.35. The van der Waals surface area contributed by atoms with Crippen LogP contribution in [0.1, 0.15) is 11.1 Å². The zero-order chi connectivity index (χ0) is 20.6. The number of morpholine rings is 1. The van der Waals surface area contributed by atoms with Crippen LogP contribution >= 0.6 is 31.9 Å². The molecule has 0 aliphatic carbocycles. The fourth-order valence-corrected chi connectivity index (χ4v) is 4.20. The van der Waals surface area contributed by atoms with Crippen LogP contribution in [0.15, 0.2) is 50.4 Å². The lowest BCUT2D eigenvalue weighted by atomic mass is 10.2. The summed E-state index contributed by atoms with van der Waals surface area (Å²) in [6, 6.07) is 9.91. The monoisotopic (exact) mass is 527 g/mol. The van der Waals surface area contributed by atoms with E-state index >= 15 is 0 Å². The molecule has 0 saturated carbocycles. The zero-order valence-corrected chi connectivity index (χ0v) is 18.7. The van der Waals surface area contributed by atoms with Crippen molar-refractivity contribution in [2.24, 2.45) is 5.10 Å². The number of nitrogens with one attached hydrogen (secondary N) is 1. The van der Waals surface area contributed by atoms with Gasteiger partial charge >= 0.3 is 0 Å². The molecule has 0 radical (unpaired) electrons. The van der Waals surface area contributed by atoms with Crippen LogP contribution in [0.25, 0.3) is 0 Å². The zero-order valence-electron chi connectivity index (χ0n) is 15.5. The van der Waals surface area contributed by atoms with Crippen molar-refractivity contribution in [3.8, 4) is 5.75 Å². The van der Waals surface area contributed by atoms with Gasteiger partial charge in [0.2, 0.25) is 0 Å². The quantitative estimate of drug-likeness (QED) is 0.439. The first kappa shape index (κ1) is 21.9. The standard InChI is InChI=1S/C20H20Br2FN3O3/c21-17-9-15(11-24-25-19(27)12-26-4-6-28-7-5-26)10-18(22)20(17)29-13-14-2-1-3-16(23)8-14/h1-3,8-11H,4-7,12-13H2,(H,25,27)/b24-11+. The molecule has 0 aromatic heterocycles. The molecule has 1 aliphatic rings. The Bertz CT molecular complexity index is 866. The normalized spacial score (nSPS) is 14.9. The second-order valence-corrected chi connectivity index (χ2v) is 8.12. The van der Waals surface area contributed by atoms with Crippen molar-refractivity contribution in [2.45, 2.75) is 6.61 Å². The van der Waals surface area contributed by atoms with Crippen LogP contribution in [-0.4, -0.2) is 49.9 Å². The first-order valence-electron chi connectivity index (χ1n) is 8.99. The van der Waals surface area contributed by atoms with E-state index in [1.54, 1.807) is 18.3 Å². The third kappa shape index (κ3) is 6.88. The molecule has 1 saturated heterocycles. The van der Waals surface area contributed by atoms with Crippen LogP contribution in [0, 0.1) is 5.82 Å². The van der Waals surface area contributed by atoms with Crippen molar-refractivity contribution in [1.29, 1.82) is 0 Å². The summed E-state index contributed by atoms with van der Waals surface area (Å²) >= 11 is 6.95. The predicted molar refractivity (Wildman–Crippen MR) is 116 cm³/mol. The first-order valence-corrected chi connectivity index (χ1v) is 10.6. The molecule has 2 aromatic carbocycles. The summed E-state index contributed by atoms with van der Waals surface area (Å²) in [6.07, 6.45) is 1.56. The van der Waals surface area contributed by atoms with E-state index in [0.29, 0.717) is 34.5 Å². The van der Waals surface area contributed by atoms with Gasteiger partial charge in [0, 0.05) is 13.1 Å². The van der Waals surface area contributed by atoms with Crippen LogP contribution < -0.4 is 10.2 Å². The van der Waals surface area contributed by atoms with Gasteiger partial charge in [-0.3, -0.25) is 9.69 Å². The number of benzene rings is 2. The van der Waals surface area contributed by atoms with Gasteiger partial charge in [-0.25, -0.2) is 9.82 Å². The van der Waals surface area contributed by atoms with Gasteiger partial charge in [0.05, 0.1) is 34.9 Å². The van der Waals surface area contributed by atoms with Gasteiger partial charge in [-0.05, 0) is 67.3 Å². The molecule has 2 aromatic rings. The Hall–Kier alpha value is -1.81. The molecule has 1 fully saturated rings. The number of ether oxygens (including phenoxy) is 2. The lowest BCUT2D eigenvalue weighted by molar-refractivity contribution is -0.123. The fraction of sp³-hybridized carbons (Fsp3) is 0.300. The van der Waals surface area contributed by atoms with Gasteiger partial charge in [-0.2, -0.15) is 5.10 Å². The number of hydrogen-bond acceptors (Lipinski definition) is 5. The van der Waals surface area contributed by atoms with E-state index < -0.39 is 0 Å². The van der Waals surface area contributed by atoms with E-state index in [9.17, 15) is 9.18 Å². The average molecular weight is 529 g/mol. The number of hydrazone groups is 1. The van der Waals surface area contributed by atoms with Crippen LogP contribution in [0.5, 0.6) is 5.75 Å². The average Bonchev–Trinajstić information content (AvgIpc) is 2.68. The first-order chi connectivity index (χ1) is 14.0. The molecule has 0 unspecified atom stereocenters. The van der Waals surface area contributed by atoms with Crippen molar-refractivity contribution < 1.29 is 18.7 Å². The number of nitrogens with zero attached hydrogens (tertiary/aromatic N) is 2. The smallest absolute Gasteiger partial charge is 0.254 e. The Kier molecular flexibility index (Phi) is 8.17. The van der Waals surface area contributed by atoms with Crippen LogP contribution in [-0.2, 0) is 16.1 Å². The molecule has 29 heavy (non-hydrogen) atoms. The lowest BCUT2D eigenvalue weighted by Gasteiger charge is -2.25. The molecule has 9 heteroatoms. The maximum atomic E-state index is 13.3. The van der Waals surface area contributed by atoms with E-state index in [4.69, 9.17) is 9.47 Å². The summed E-state index contributed by atoms with van der Waals surface area (Å²) in [4.78, 5) is 14.0. The highest BCUT2D eigenvalue weighted by atomic mass is 79.9. The Morgan fingerprint density at radius 1 is 1.24 bits per heavy atom. The Morgan fingerprint density at radius 2 is 1.97 bits per heavy atom. The van der Waals surface area contributed by atoms with Crippen LogP contribution in [0.4, 0.5) is 4.39 Å². The lowest BCUT2D eigenvalue weighted by Crippen LogP contribution is -2.42. The molecule has 0 bridgehead atoms. The summed E-state index contributed by atoms with van der Waals surface area (Å²) in [5.74, 6) is 0.130. The molecular weight excluding hydrogens is 509 g/mol. The number of halogens is 3. The summed E-state index contributed by atoms with van der Waals surface area (Å²) in [5.41, 5.74) is 4.04. The molecule has 0 atom stereocenters. The van der Waals surface area contributed by atoms with Crippen molar-refractivity contribution in [3.05, 3.63) is 62.3 Å². The number of amides is 1. The van der Waals surface area contributed by atoms with Gasteiger partial charge in [-0.15, -0.1) is 0 Å². The summed E-state index contributed by atoms with van der Waals surface area (Å²) in [5, 5.41) is 4.02. The molecule has 0 spiro atoms. The molecule has 1 N–H and O–H groups in total. The maximum Gasteiger partial charge on any atom is 0.254 e. The van der Waals surface area contributed by atoms with Crippen LogP contribution in [0.3, 0.4) is 0 Å². The number of hydrogen-bond donors (Lipinski definition) is 1. The number of rotatable bonds is 7. The van der Waals surface area contributed by atoms with Crippen molar-refractivity contribution in [2.75, 3.05) is 32.8 Å². The van der Waals surface area contributed by atoms with E-state index in [1.807, 2.05) is 17.0 Å². The minimum atomic E-state index is -0.300. The number of carbonyl (C=O) groups is 1. The Labute approximate surface area is 185 Å². The topological polar surface area (TPSA) is 63.2 Å². The van der Waals surface area contributed by atoms with E-state index in [0.717, 1.165) is 24.2 Å². The highest BCUT2D eigenvalue weighted by molar-refractivity contribution is 9.11. The predicted octanol–water partition coefficient (Wildman–Crippen LogP) is 3.71. The summed E-state index contributed by atoms with van der Waals surface area (Å²) in [6.45, 7) is 3.31. The molecular formula is C20H20Br2FN3O3. The maximum absolute atomic E-state index is 13.3. The SMILES string of the molecule is O=C(CN1CCOCC1)N/N=C/c1cc(Br)c(OCc2cccc(F)c2)c(Br)c1. The number of carbonyl (C=O) groups excluding carboxylic acids is 1. The molecule has 1 heterocycles. The van der Waals surface area contributed by atoms with Crippen molar-refractivity contribution in [3.63, 3.8) is 0 Å². The minimum absolute atomic E-state index is 0.170. The molecule has 3 rings (SSSR count). The van der Waals surface area contributed by atoms with Crippen molar-refractivity contribution >= 4 is 44.0 Å². The molecule has 6 nitrogen and oxygen atoms in total. The Morgan fingerprint density at radius 3 is 2.66 bits per heavy atom. The third-order valence-electron chi connectivity index (χ3n) is 4.17. The fourth-order valence-electron chi connectivity index (χ4n) is 2.75. The van der Waals surface area contributed by atoms with E-state index in [1.165, 1.54) is 12.1 Å². The van der Waals surface area contributed by atoms with Gasteiger partial charge in [0.1, 0.15) is 18.2 Å². The van der Waals surface area contributed by atoms with E-state index in [-0.39, 0.29) is 18.3 Å². The molecule has 1 aliphatic heterocycles. The summed E-state index contributed by atoms with van der Waals surface area (Å²) < 4.78 is 25.8. The molecule has 1 amide bonds. The second-order valence-electron chi connectivity index (χ2n) is 6.41. The van der Waals surface area contributed by atoms with Gasteiger partial charge in [0.15, 0.2) is 0 Å². The summed E-state index contributed by atoms with van der Waals surface area (Å²) in [7, 11) is 0. The minimum Gasteiger partial charge on any atom is -0.487 e. The van der Waals surface area contributed by atoms with Gasteiger partial charge < -0.3 is 9.47 Å². The van der Waals surface area contributed by atoms with Gasteiger partial charge in [-0.1, -0.05) is 12.1 Å². The van der Waals surface area contributed by atoms with Gasteiger partial charge in [0.25, 0.3) is 5.91 Å². The third-order valence-corrected chi connectivity index (χ3v) is 5.34. The molecule has 154 valence electrons. The second kappa shape index (κ2) is 10.8. The van der Waals surface area contributed by atoms with Crippen LogP contribution in [0.2, 0.25) is 0 Å². The Balaban J connectivity index is 1.55. The largest absolute Gasteiger partial charge is 0.487 e. The highest BCUT2D eigenvalue weighted by Gasteiger charge is 2.13. The van der Waals surface area contributed by atoms with E-state index in [2.05, 4.69) is 42.4 Å². The van der Waals surface area contributed by atoms with Crippen molar-refractivity contribution in [1.82, 2.24) is 10.3 Å².